The Kier molecular flexibility index (Phi) is 4.47. The van der Waals surface area contributed by atoms with Gasteiger partial charge in [0, 0.05) is 30.4 Å². The highest BCUT2D eigenvalue weighted by Gasteiger charge is 2.07. The van der Waals surface area contributed by atoms with Crippen molar-refractivity contribution < 1.29 is 15.0 Å². The molecule has 25 heavy (non-hydrogen) atoms. The van der Waals surface area contributed by atoms with Crippen molar-refractivity contribution in [2.45, 2.75) is 6.42 Å². The van der Waals surface area contributed by atoms with Crippen molar-refractivity contribution in [1.82, 2.24) is 9.78 Å². The standard InChI is InChI=1S/C18H15N3O4/c22-15-6-2-5-14(11-15)21-8-7-17(23)16(20-21)10-12-3-1-4-13(9-12)19-18(24)25/h1-9,11,19,22H,10H2,(H,24,25). The van der Waals surface area contributed by atoms with E-state index in [2.05, 4.69) is 10.4 Å². The molecule has 126 valence electrons. The molecule has 2 aromatic carbocycles. The molecule has 3 aromatic rings. The van der Waals surface area contributed by atoms with Gasteiger partial charge < -0.3 is 10.2 Å². The minimum absolute atomic E-state index is 0.104. The van der Waals surface area contributed by atoms with E-state index in [-0.39, 0.29) is 17.6 Å². The Hall–Kier alpha value is -3.61. The van der Waals surface area contributed by atoms with Crippen LogP contribution < -0.4 is 10.7 Å². The van der Waals surface area contributed by atoms with Crippen LogP contribution in [-0.2, 0) is 6.42 Å². The fourth-order valence-electron chi connectivity index (χ4n) is 2.42. The average Bonchev–Trinajstić information content (AvgIpc) is 2.56. The van der Waals surface area contributed by atoms with Gasteiger partial charge >= 0.3 is 6.09 Å². The minimum Gasteiger partial charge on any atom is -0.508 e. The molecule has 0 aliphatic rings. The Bertz CT molecular complexity index is 982. The second kappa shape index (κ2) is 6.88. The Labute approximate surface area is 142 Å². The Morgan fingerprint density at radius 3 is 2.68 bits per heavy atom. The summed E-state index contributed by atoms with van der Waals surface area (Å²) in [5.41, 5.74) is 1.91. The van der Waals surface area contributed by atoms with Gasteiger partial charge in [0.05, 0.1) is 5.69 Å². The summed E-state index contributed by atoms with van der Waals surface area (Å²) in [6, 6.07) is 14.7. The molecule has 1 aromatic heterocycles. The summed E-state index contributed by atoms with van der Waals surface area (Å²) < 4.78 is 1.51. The molecule has 3 N–H and O–H groups in total. The topological polar surface area (TPSA) is 104 Å². The highest BCUT2D eigenvalue weighted by molar-refractivity contribution is 5.82. The maximum Gasteiger partial charge on any atom is 0.409 e. The predicted octanol–water partition coefficient (Wildman–Crippen LogP) is 2.62. The van der Waals surface area contributed by atoms with Crippen LogP contribution in [0.25, 0.3) is 5.69 Å². The third-order valence-corrected chi connectivity index (χ3v) is 3.52. The SMILES string of the molecule is O=C(O)Nc1cccc(Cc2nn(-c3cccc(O)c3)ccc2=O)c1. The van der Waals surface area contributed by atoms with Gasteiger partial charge in [-0.15, -0.1) is 0 Å². The van der Waals surface area contributed by atoms with Gasteiger partial charge in [0.1, 0.15) is 11.4 Å². The summed E-state index contributed by atoms with van der Waals surface area (Å²) in [5.74, 6) is 0.104. The van der Waals surface area contributed by atoms with Crippen molar-refractivity contribution in [3.63, 3.8) is 0 Å². The lowest BCUT2D eigenvalue weighted by atomic mass is 10.1. The first-order valence-corrected chi connectivity index (χ1v) is 7.48. The molecule has 0 aliphatic carbocycles. The Morgan fingerprint density at radius 1 is 1.12 bits per heavy atom. The molecule has 0 unspecified atom stereocenters. The number of nitrogens with zero attached hydrogens (tertiary/aromatic N) is 2. The molecule has 0 saturated heterocycles. The van der Waals surface area contributed by atoms with Crippen molar-refractivity contribution in [3.8, 4) is 11.4 Å². The molecule has 1 amide bonds. The van der Waals surface area contributed by atoms with Gasteiger partial charge in [-0.25, -0.2) is 9.48 Å². The van der Waals surface area contributed by atoms with Crippen molar-refractivity contribution in [3.05, 3.63) is 82.3 Å². The molecular weight excluding hydrogens is 322 g/mol. The van der Waals surface area contributed by atoms with Gasteiger partial charge in [-0.3, -0.25) is 10.1 Å². The predicted molar refractivity (Wildman–Crippen MR) is 92.4 cm³/mol. The molecular formula is C18H15N3O4. The van der Waals surface area contributed by atoms with E-state index in [1.807, 2.05) is 0 Å². The fraction of sp³-hybridized carbons (Fsp3) is 0.0556. The number of hydrogen-bond acceptors (Lipinski definition) is 4. The number of phenolic OH excluding ortho intramolecular Hbond substituents is 1. The number of rotatable bonds is 4. The van der Waals surface area contributed by atoms with Crippen molar-refractivity contribution in [2.24, 2.45) is 0 Å². The van der Waals surface area contributed by atoms with Gasteiger partial charge in [0.15, 0.2) is 0 Å². The van der Waals surface area contributed by atoms with Crippen LogP contribution >= 0.6 is 0 Å². The molecule has 7 nitrogen and oxygen atoms in total. The number of nitrogens with one attached hydrogen (secondary N) is 1. The summed E-state index contributed by atoms with van der Waals surface area (Å²) in [4.78, 5) is 22.8. The summed E-state index contributed by atoms with van der Waals surface area (Å²) >= 11 is 0. The number of phenols is 1. The van der Waals surface area contributed by atoms with Crippen molar-refractivity contribution in [2.75, 3.05) is 5.32 Å². The maximum atomic E-state index is 12.1. The van der Waals surface area contributed by atoms with E-state index in [0.717, 1.165) is 5.56 Å². The zero-order chi connectivity index (χ0) is 17.8. The van der Waals surface area contributed by atoms with Gasteiger partial charge in [-0.2, -0.15) is 5.10 Å². The second-order valence-electron chi connectivity index (χ2n) is 5.40. The Morgan fingerprint density at radius 2 is 1.92 bits per heavy atom. The second-order valence-corrected chi connectivity index (χ2v) is 5.40. The van der Waals surface area contributed by atoms with E-state index in [1.54, 1.807) is 48.5 Å². The lowest BCUT2D eigenvalue weighted by Gasteiger charge is -2.09. The molecule has 0 radical (unpaired) electrons. The Balaban J connectivity index is 1.91. The largest absolute Gasteiger partial charge is 0.508 e. The van der Waals surface area contributed by atoms with Crippen LogP contribution in [0.15, 0.2) is 65.6 Å². The van der Waals surface area contributed by atoms with Gasteiger partial charge in [0.2, 0.25) is 5.43 Å². The number of aromatic hydroxyl groups is 1. The van der Waals surface area contributed by atoms with E-state index in [1.165, 1.54) is 16.9 Å². The first kappa shape index (κ1) is 16.3. The van der Waals surface area contributed by atoms with Crippen molar-refractivity contribution >= 4 is 11.8 Å². The van der Waals surface area contributed by atoms with Gasteiger partial charge in [-0.05, 0) is 29.8 Å². The highest BCUT2D eigenvalue weighted by Crippen LogP contribution is 2.15. The molecule has 0 saturated carbocycles. The minimum atomic E-state index is -1.15. The smallest absolute Gasteiger partial charge is 0.409 e. The number of hydrogen-bond donors (Lipinski definition) is 3. The van der Waals surface area contributed by atoms with Crippen molar-refractivity contribution in [1.29, 1.82) is 0 Å². The fourth-order valence-corrected chi connectivity index (χ4v) is 2.42. The zero-order valence-electron chi connectivity index (χ0n) is 13.1. The number of aromatic nitrogens is 2. The number of amides is 1. The van der Waals surface area contributed by atoms with E-state index in [9.17, 15) is 14.7 Å². The third kappa shape index (κ3) is 4.03. The van der Waals surface area contributed by atoms with Crippen LogP contribution in [0.4, 0.5) is 10.5 Å². The monoisotopic (exact) mass is 337 g/mol. The summed E-state index contributed by atoms with van der Waals surface area (Å²) in [7, 11) is 0. The molecule has 3 rings (SSSR count). The van der Waals surface area contributed by atoms with Crippen LogP contribution in [0.3, 0.4) is 0 Å². The lowest BCUT2D eigenvalue weighted by Crippen LogP contribution is -2.16. The van der Waals surface area contributed by atoms with E-state index in [0.29, 0.717) is 17.1 Å². The van der Waals surface area contributed by atoms with E-state index in [4.69, 9.17) is 5.11 Å². The molecule has 0 spiro atoms. The van der Waals surface area contributed by atoms with E-state index >= 15 is 0 Å². The number of benzene rings is 2. The normalized spacial score (nSPS) is 10.4. The zero-order valence-corrected chi connectivity index (χ0v) is 13.1. The number of carbonyl (C=O) groups is 1. The third-order valence-electron chi connectivity index (χ3n) is 3.52. The molecule has 1 heterocycles. The molecule has 0 bridgehead atoms. The quantitative estimate of drug-likeness (QED) is 0.679. The highest BCUT2D eigenvalue weighted by atomic mass is 16.4. The summed E-state index contributed by atoms with van der Waals surface area (Å²) in [6.45, 7) is 0. The summed E-state index contributed by atoms with van der Waals surface area (Å²) in [6.07, 6.45) is 0.637. The lowest BCUT2D eigenvalue weighted by molar-refractivity contribution is 0.210. The van der Waals surface area contributed by atoms with Gasteiger partial charge in [-0.1, -0.05) is 18.2 Å². The van der Waals surface area contributed by atoms with Gasteiger partial charge in [0.25, 0.3) is 0 Å². The average molecular weight is 337 g/mol. The van der Waals surface area contributed by atoms with Crippen LogP contribution in [0, 0.1) is 0 Å². The molecule has 7 heteroatoms. The number of anilines is 1. The molecule has 0 aliphatic heterocycles. The number of carboxylic acid groups (broad SMARTS) is 1. The first-order chi connectivity index (χ1) is 12.0. The van der Waals surface area contributed by atoms with Crippen LogP contribution in [0.5, 0.6) is 5.75 Å². The molecule has 0 fully saturated rings. The van der Waals surface area contributed by atoms with Crippen LogP contribution in [0.1, 0.15) is 11.3 Å². The summed E-state index contributed by atoms with van der Waals surface area (Å²) in [5, 5.41) is 25.0. The maximum absolute atomic E-state index is 12.1. The van der Waals surface area contributed by atoms with Crippen LogP contribution in [-0.4, -0.2) is 26.1 Å². The molecule has 0 atom stereocenters. The first-order valence-electron chi connectivity index (χ1n) is 7.48. The van der Waals surface area contributed by atoms with E-state index < -0.39 is 6.09 Å². The van der Waals surface area contributed by atoms with Crippen LogP contribution in [0.2, 0.25) is 0 Å².